The maximum atomic E-state index is 5.54. The van der Waals surface area contributed by atoms with E-state index in [1.807, 2.05) is 0 Å². The Morgan fingerprint density at radius 1 is 1.17 bits per heavy atom. The maximum Gasteiger partial charge on any atom is 0.0223 e. The van der Waals surface area contributed by atoms with Gasteiger partial charge in [-0.25, -0.2) is 0 Å². The van der Waals surface area contributed by atoms with E-state index in [1.165, 1.54) is 12.8 Å². The van der Waals surface area contributed by atoms with E-state index in [-0.39, 0.29) is 12.4 Å². The molecular formula is C9H21Cl2N. The number of halogens is 2. The van der Waals surface area contributed by atoms with E-state index in [2.05, 4.69) is 19.2 Å². The highest BCUT2D eigenvalue weighted by atomic mass is 35.5. The van der Waals surface area contributed by atoms with Gasteiger partial charge in [0, 0.05) is 5.88 Å². The lowest BCUT2D eigenvalue weighted by Gasteiger charge is -2.06. The predicted octanol–water partition coefficient (Wildman–Crippen LogP) is 3.06. The van der Waals surface area contributed by atoms with Crippen molar-refractivity contribution in [1.29, 1.82) is 0 Å². The fourth-order valence-electron chi connectivity index (χ4n) is 0.912. The molecule has 0 atom stereocenters. The van der Waals surface area contributed by atoms with Gasteiger partial charge in [0.25, 0.3) is 0 Å². The first kappa shape index (κ1) is 15.0. The highest BCUT2D eigenvalue weighted by Gasteiger charge is 1.91. The molecule has 0 aliphatic heterocycles. The molecular weight excluding hydrogens is 193 g/mol. The van der Waals surface area contributed by atoms with Crippen molar-refractivity contribution in [3.8, 4) is 0 Å². The molecule has 0 saturated heterocycles. The van der Waals surface area contributed by atoms with E-state index in [1.54, 1.807) is 0 Å². The monoisotopic (exact) mass is 213 g/mol. The van der Waals surface area contributed by atoms with Gasteiger partial charge < -0.3 is 5.32 Å². The number of rotatable bonds is 7. The smallest absolute Gasteiger partial charge is 0.0223 e. The molecule has 0 aromatic heterocycles. The molecule has 0 aromatic rings. The summed E-state index contributed by atoms with van der Waals surface area (Å²) >= 11 is 5.54. The summed E-state index contributed by atoms with van der Waals surface area (Å²) in [5.74, 6) is 1.58. The van der Waals surface area contributed by atoms with Crippen LogP contribution in [-0.2, 0) is 0 Å². The summed E-state index contributed by atoms with van der Waals surface area (Å²) < 4.78 is 0. The van der Waals surface area contributed by atoms with Crippen LogP contribution in [0.1, 0.15) is 33.1 Å². The zero-order valence-corrected chi connectivity index (χ0v) is 9.68. The van der Waals surface area contributed by atoms with Crippen LogP contribution in [0.5, 0.6) is 0 Å². The van der Waals surface area contributed by atoms with Crippen molar-refractivity contribution in [2.45, 2.75) is 33.1 Å². The lowest BCUT2D eigenvalue weighted by Crippen LogP contribution is -2.20. The van der Waals surface area contributed by atoms with Crippen LogP contribution in [0.4, 0.5) is 0 Å². The summed E-state index contributed by atoms with van der Waals surface area (Å²) in [6, 6.07) is 0. The minimum atomic E-state index is 0. The highest BCUT2D eigenvalue weighted by Crippen LogP contribution is 1.95. The highest BCUT2D eigenvalue weighted by molar-refractivity contribution is 6.17. The van der Waals surface area contributed by atoms with Gasteiger partial charge in [0.2, 0.25) is 0 Å². The molecule has 0 radical (unpaired) electrons. The van der Waals surface area contributed by atoms with Crippen molar-refractivity contribution in [1.82, 2.24) is 5.32 Å². The predicted molar refractivity (Wildman–Crippen MR) is 59.5 cm³/mol. The molecule has 0 fully saturated rings. The van der Waals surface area contributed by atoms with Crippen molar-refractivity contribution < 1.29 is 0 Å². The van der Waals surface area contributed by atoms with Gasteiger partial charge >= 0.3 is 0 Å². The molecule has 0 amide bonds. The largest absolute Gasteiger partial charge is 0.316 e. The van der Waals surface area contributed by atoms with Gasteiger partial charge in [0.05, 0.1) is 0 Å². The average molecular weight is 214 g/mol. The van der Waals surface area contributed by atoms with Crippen LogP contribution < -0.4 is 5.32 Å². The quantitative estimate of drug-likeness (QED) is 0.507. The molecule has 0 rings (SSSR count). The first-order valence-corrected chi connectivity index (χ1v) is 5.07. The van der Waals surface area contributed by atoms with Gasteiger partial charge in [-0.15, -0.1) is 24.0 Å². The Balaban J connectivity index is 0. The minimum Gasteiger partial charge on any atom is -0.316 e. The molecule has 0 heterocycles. The standard InChI is InChI=1S/C9H20ClN.ClH/c1-9(2)8-11-7-5-3-4-6-10;/h9,11H,3-8H2,1-2H3;1H. The zero-order valence-electron chi connectivity index (χ0n) is 8.11. The van der Waals surface area contributed by atoms with E-state index < -0.39 is 0 Å². The second-order valence-corrected chi connectivity index (χ2v) is 3.73. The number of hydrogen-bond acceptors (Lipinski definition) is 1. The summed E-state index contributed by atoms with van der Waals surface area (Å²) in [5.41, 5.74) is 0. The first-order chi connectivity index (χ1) is 5.27. The van der Waals surface area contributed by atoms with E-state index in [0.717, 1.165) is 31.3 Å². The van der Waals surface area contributed by atoms with Crippen LogP contribution in [0, 0.1) is 5.92 Å². The summed E-state index contributed by atoms with van der Waals surface area (Å²) in [7, 11) is 0. The Bertz CT molecular complexity index is 76.9. The normalized spacial score (nSPS) is 10.0. The molecule has 0 bridgehead atoms. The molecule has 0 aliphatic carbocycles. The molecule has 0 unspecified atom stereocenters. The Morgan fingerprint density at radius 3 is 2.33 bits per heavy atom. The third kappa shape index (κ3) is 13.2. The third-order valence-electron chi connectivity index (χ3n) is 1.54. The number of hydrogen-bond donors (Lipinski definition) is 1. The number of nitrogens with one attached hydrogen (secondary N) is 1. The second kappa shape index (κ2) is 11.5. The Labute approximate surface area is 87.7 Å². The lowest BCUT2D eigenvalue weighted by atomic mass is 10.2. The molecule has 0 aliphatic rings. The molecule has 1 N–H and O–H groups in total. The van der Waals surface area contributed by atoms with Crippen LogP contribution in [0.15, 0.2) is 0 Å². The van der Waals surface area contributed by atoms with E-state index >= 15 is 0 Å². The summed E-state index contributed by atoms with van der Waals surface area (Å²) in [4.78, 5) is 0. The van der Waals surface area contributed by atoms with Gasteiger partial charge in [0.15, 0.2) is 0 Å². The van der Waals surface area contributed by atoms with Crippen molar-refractivity contribution in [2.75, 3.05) is 19.0 Å². The van der Waals surface area contributed by atoms with Gasteiger partial charge in [-0.3, -0.25) is 0 Å². The molecule has 3 heteroatoms. The third-order valence-corrected chi connectivity index (χ3v) is 1.81. The average Bonchev–Trinajstić information content (AvgIpc) is 1.96. The van der Waals surface area contributed by atoms with Crippen molar-refractivity contribution in [3.63, 3.8) is 0 Å². The van der Waals surface area contributed by atoms with Crippen LogP contribution in [-0.4, -0.2) is 19.0 Å². The molecule has 0 saturated carbocycles. The molecule has 1 nitrogen and oxygen atoms in total. The fraction of sp³-hybridized carbons (Fsp3) is 1.00. The van der Waals surface area contributed by atoms with E-state index in [9.17, 15) is 0 Å². The topological polar surface area (TPSA) is 12.0 Å². The SMILES string of the molecule is CC(C)CNCCCCCCl.Cl. The summed E-state index contributed by atoms with van der Waals surface area (Å²) in [6.07, 6.45) is 3.68. The maximum absolute atomic E-state index is 5.54. The van der Waals surface area contributed by atoms with Crippen LogP contribution in [0.3, 0.4) is 0 Å². The summed E-state index contributed by atoms with van der Waals surface area (Å²) in [5, 5.41) is 3.40. The fourth-order valence-corrected chi connectivity index (χ4v) is 1.10. The van der Waals surface area contributed by atoms with Gasteiger partial charge in [-0.1, -0.05) is 20.3 Å². The Kier molecular flexibility index (Phi) is 14.5. The molecule has 12 heavy (non-hydrogen) atoms. The number of unbranched alkanes of at least 4 members (excludes halogenated alkanes) is 2. The zero-order chi connectivity index (χ0) is 8.53. The second-order valence-electron chi connectivity index (χ2n) is 3.35. The Morgan fingerprint density at radius 2 is 1.83 bits per heavy atom. The van der Waals surface area contributed by atoms with Gasteiger partial charge in [0.1, 0.15) is 0 Å². The summed E-state index contributed by atoms with van der Waals surface area (Å²) in [6.45, 7) is 6.74. The van der Waals surface area contributed by atoms with Crippen LogP contribution >= 0.6 is 24.0 Å². The molecule has 76 valence electrons. The number of alkyl halides is 1. The van der Waals surface area contributed by atoms with Gasteiger partial charge in [-0.2, -0.15) is 0 Å². The van der Waals surface area contributed by atoms with E-state index in [4.69, 9.17) is 11.6 Å². The van der Waals surface area contributed by atoms with Crippen LogP contribution in [0.25, 0.3) is 0 Å². The van der Waals surface area contributed by atoms with Crippen molar-refractivity contribution >= 4 is 24.0 Å². The van der Waals surface area contributed by atoms with Crippen molar-refractivity contribution in [2.24, 2.45) is 5.92 Å². The minimum absolute atomic E-state index is 0. The molecule has 0 aromatic carbocycles. The van der Waals surface area contributed by atoms with E-state index in [0.29, 0.717) is 0 Å². The van der Waals surface area contributed by atoms with Crippen molar-refractivity contribution in [3.05, 3.63) is 0 Å². The van der Waals surface area contributed by atoms with Gasteiger partial charge in [-0.05, 0) is 31.8 Å². The Hall–Kier alpha value is 0.540. The lowest BCUT2D eigenvalue weighted by molar-refractivity contribution is 0.534. The first-order valence-electron chi connectivity index (χ1n) is 4.54. The van der Waals surface area contributed by atoms with Crippen LogP contribution in [0.2, 0.25) is 0 Å². The molecule has 0 spiro atoms.